The van der Waals surface area contributed by atoms with E-state index >= 15 is 0 Å². The summed E-state index contributed by atoms with van der Waals surface area (Å²) in [5.74, 6) is -3.26. The number of rotatable bonds is 12. The maximum atomic E-state index is 14.2. The van der Waals surface area contributed by atoms with Crippen LogP contribution in [0.4, 0.5) is 4.79 Å². The largest absolute Gasteiger partial charge is 0.514 e. The molecular weight excluding hydrogens is 702 g/mol. The average molecular weight is 750 g/mol. The summed E-state index contributed by atoms with van der Waals surface area (Å²) in [5, 5.41) is 12.6. The van der Waals surface area contributed by atoms with Gasteiger partial charge in [-0.05, 0) is 71.3 Å². The number of benzene rings is 2. The Morgan fingerprint density at radius 1 is 1.02 bits per heavy atom. The van der Waals surface area contributed by atoms with Gasteiger partial charge in [0.25, 0.3) is 0 Å². The molecule has 4 aliphatic rings. The highest BCUT2D eigenvalue weighted by Crippen LogP contribution is 2.65. The second-order valence-electron chi connectivity index (χ2n) is 15.2. The molecule has 1 N–H and O–H groups in total. The summed E-state index contributed by atoms with van der Waals surface area (Å²) in [4.78, 5) is 66.9. The van der Waals surface area contributed by atoms with Crippen LogP contribution < -0.4 is 9.47 Å². The number of unbranched alkanes of at least 4 members (excludes halogenated alkanes) is 1. The van der Waals surface area contributed by atoms with Crippen LogP contribution in [-0.4, -0.2) is 89.7 Å². The van der Waals surface area contributed by atoms with Crippen LogP contribution in [0.2, 0.25) is 0 Å². The van der Waals surface area contributed by atoms with Crippen LogP contribution in [0.25, 0.3) is 0 Å². The number of piperidine rings is 1. The Balaban J connectivity index is 1.30. The number of carbonyl (C=O) groups is 5. The van der Waals surface area contributed by atoms with Gasteiger partial charge in [0.05, 0.1) is 24.0 Å². The number of likely N-dealkylation sites (tertiary alicyclic amines) is 1. The highest BCUT2D eigenvalue weighted by Gasteiger charge is 2.72. The molecule has 54 heavy (non-hydrogen) atoms. The Morgan fingerprint density at radius 3 is 2.44 bits per heavy atom. The fourth-order valence-corrected chi connectivity index (χ4v) is 8.03. The fraction of sp³-hybridized carbons (Fsp3) is 0.525. The van der Waals surface area contributed by atoms with Crippen molar-refractivity contribution in [2.24, 2.45) is 0 Å². The number of nitrogens with zero attached hydrogens (tertiary/aromatic N) is 1. The van der Waals surface area contributed by atoms with Gasteiger partial charge in [-0.1, -0.05) is 49.7 Å². The number of carbonyl (C=O) groups excluding carboxylic acids is 5. The first-order valence-corrected chi connectivity index (χ1v) is 18.2. The van der Waals surface area contributed by atoms with Crippen molar-refractivity contribution in [1.82, 2.24) is 4.90 Å². The molecule has 0 saturated carbocycles. The van der Waals surface area contributed by atoms with Crippen LogP contribution in [0.15, 0.2) is 54.3 Å². The quantitative estimate of drug-likeness (QED) is 0.136. The van der Waals surface area contributed by atoms with Gasteiger partial charge in [0.2, 0.25) is 12.2 Å². The first kappa shape index (κ1) is 38.8. The third-order valence-electron chi connectivity index (χ3n) is 10.4. The monoisotopic (exact) mass is 749 g/mol. The summed E-state index contributed by atoms with van der Waals surface area (Å²) in [7, 11) is 1.96. The van der Waals surface area contributed by atoms with Crippen molar-refractivity contribution in [1.29, 1.82) is 0 Å². The van der Waals surface area contributed by atoms with Gasteiger partial charge < -0.3 is 43.2 Å². The molecule has 1 spiro atoms. The van der Waals surface area contributed by atoms with Crippen molar-refractivity contribution in [3.05, 3.63) is 71.0 Å². The van der Waals surface area contributed by atoms with E-state index < -0.39 is 71.4 Å². The summed E-state index contributed by atoms with van der Waals surface area (Å²) in [6, 6.07) is 11.4. The first-order chi connectivity index (χ1) is 25.6. The number of ether oxygens (including phenoxy) is 7. The van der Waals surface area contributed by atoms with E-state index in [1.807, 2.05) is 20.0 Å². The maximum absolute atomic E-state index is 14.2. The van der Waals surface area contributed by atoms with Gasteiger partial charge in [-0.15, -0.1) is 0 Å². The van der Waals surface area contributed by atoms with Gasteiger partial charge in [-0.25, -0.2) is 14.4 Å². The van der Waals surface area contributed by atoms with Gasteiger partial charge in [-0.2, -0.15) is 0 Å². The highest BCUT2D eigenvalue weighted by molar-refractivity contribution is 5.86. The van der Waals surface area contributed by atoms with Gasteiger partial charge >= 0.3 is 30.0 Å². The zero-order valence-corrected chi connectivity index (χ0v) is 31.4. The van der Waals surface area contributed by atoms with Crippen LogP contribution in [0.5, 0.6) is 11.5 Å². The van der Waals surface area contributed by atoms with Crippen molar-refractivity contribution < 1.29 is 62.2 Å². The van der Waals surface area contributed by atoms with E-state index in [4.69, 9.17) is 33.2 Å². The van der Waals surface area contributed by atoms with E-state index in [1.165, 1.54) is 0 Å². The normalized spacial score (nSPS) is 24.8. The lowest BCUT2D eigenvalue weighted by molar-refractivity contribution is -0.179. The van der Waals surface area contributed by atoms with Gasteiger partial charge in [0, 0.05) is 30.5 Å². The third kappa shape index (κ3) is 7.28. The van der Waals surface area contributed by atoms with E-state index in [0.29, 0.717) is 31.4 Å². The Morgan fingerprint density at radius 2 is 1.76 bits per heavy atom. The number of hydrogen-bond acceptors (Lipinski definition) is 14. The lowest BCUT2D eigenvalue weighted by Crippen LogP contribution is -2.74. The Kier molecular flexibility index (Phi) is 10.8. The molecule has 0 unspecified atom stereocenters. The standard InChI is InChI=1S/C40H47NO13/c1-7-8-20-48-35(44)28(49-23(2)42)22-30(43)52-32(24-12-10-9-11-13-24)36(45)50-27-16-17-40(47)29-21-25-14-15-26(51-37(46)54-38(3,4)5)33-31(25)39(40,34(27)53-33)18-19-41(29)6/h9-16,28-29,32,34,47H,7-8,17-22H2,1-6H3/t28-,29+,32-,34-,39-,40+/m0/s1. The Bertz CT molecular complexity index is 1830. The minimum absolute atomic E-state index is 0.0765. The molecule has 6 rings (SSSR count). The molecule has 14 heteroatoms. The molecule has 2 aromatic rings. The topological polar surface area (TPSA) is 173 Å². The predicted molar refractivity (Wildman–Crippen MR) is 189 cm³/mol. The summed E-state index contributed by atoms with van der Waals surface area (Å²) in [6.45, 7) is 8.83. The first-order valence-electron chi connectivity index (χ1n) is 18.2. The molecule has 2 aliphatic heterocycles. The molecule has 290 valence electrons. The van der Waals surface area contributed by atoms with E-state index in [-0.39, 0.29) is 41.9 Å². The number of likely N-dealkylation sites (N-methyl/N-ethyl adjacent to an activating group) is 1. The molecule has 2 heterocycles. The maximum Gasteiger partial charge on any atom is 0.514 e. The van der Waals surface area contributed by atoms with E-state index in [2.05, 4.69) is 4.90 Å². The molecule has 2 aromatic carbocycles. The van der Waals surface area contributed by atoms with Crippen LogP contribution in [0, 0.1) is 0 Å². The van der Waals surface area contributed by atoms with Crippen molar-refractivity contribution in [2.45, 2.75) is 114 Å². The summed E-state index contributed by atoms with van der Waals surface area (Å²) in [6.07, 6.45) is -1.86. The van der Waals surface area contributed by atoms with Crippen molar-refractivity contribution in [3.63, 3.8) is 0 Å². The Labute approximate surface area is 313 Å². The molecule has 6 atom stereocenters. The number of hydrogen-bond donors (Lipinski definition) is 1. The highest BCUT2D eigenvalue weighted by atomic mass is 16.7. The second kappa shape index (κ2) is 15.1. The van der Waals surface area contributed by atoms with E-state index in [9.17, 15) is 29.1 Å². The van der Waals surface area contributed by atoms with E-state index in [1.54, 1.807) is 63.2 Å². The lowest BCUT2D eigenvalue weighted by Gasteiger charge is -2.61. The van der Waals surface area contributed by atoms with Crippen molar-refractivity contribution >= 4 is 30.0 Å². The smallest absolute Gasteiger partial charge is 0.477 e. The van der Waals surface area contributed by atoms with Crippen molar-refractivity contribution in [3.8, 4) is 11.5 Å². The molecule has 2 bridgehead atoms. The molecule has 0 aromatic heterocycles. The number of esters is 4. The number of aliphatic hydroxyl groups is 1. The van der Waals surface area contributed by atoms with Crippen LogP contribution in [0.3, 0.4) is 0 Å². The second-order valence-corrected chi connectivity index (χ2v) is 15.2. The molecule has 1 saturated heterocycles. The van der Waals surface area contributed by atoms with Crippen molar-refractivity contribution in [2.75, 3.05) is 20.2 Å². The Hall–Kier alpha value is -4.95. The van der Waals surface area contributed by atoms with Gasteiger partial charge in [0.1, 0.15) is 11.4 Å². The SMILES string of the molecule is CCCCOC(=O)[C@H](CC(=O)O[C@H](C(=O)OC1=CC[C@@]2(O)[C@H]3Cc4ccc(OC(=O)OC(C)(C)C)c5c4[C@@]2(CCN3C)[C@H]1O5)c1ccccc1)OC(C)=O. The van der Waals surface area contributed by atoms with Gasteiger partial charge in [-0.3, -0.25) is 9.59 Å². The van der Waals surface area contributed by atoms with Crippen LogP contribution >= 0.6 is 0 Å². The summed E-state index contributed by atoms with van der Waals surface area (Å²) < 4.78 is 39.7. The average Bonchev–Trinajstić information content (AvgIpc) is 3.46. The summed E-state index contributed by atoms with van der Waals surface area (Å²) >= 11 is 0. The fourth-order valence-electron chi connectivity index (χ4n) is 8.03. The minimum atomic E-state index is -1.60. The molecule has 14 nitrogen and oxygen atoms in total. The predicted octanol–water partition coefficient (Wildman–Crippen LogP) is 4.77. The van der Waals surface area contributed by atoms with Crippen LogP contribution in [-0.2, 0) is 54.7 Å². The minimum Gasteiger partial charge on any atom is -0.477 e. The zero-order valence-electron chi connectivity index (χ0n) is 31.4. The molecule has 1 fully saturated rings. The lowest BCUT2D eigenvalue weighted by atomic mass is 9.50. The molecule has 2 aliphatic carbocycles. The third-order valence-corrected chi connectivity index (χ3v) is 10.4. The van der Waals surface area contributed by atoms with Crippen LogP contribution in [0.1, 0.15) is 89.5 Å². The summed E-state index contributed by atoms with van der Waals surface area (Å²) in [5.41, 5.74) is -1.37. The zero-order chi connectivity index (χ0) is 39.0. The molecular formula is C40H47NO13. The molecule has 0 radical (unpaired) electrons. The molecule has 0 amide bonds. The van der Waals surface area contributed by atoms with E-state index in [0.717, 1.165) is 18.9 Å². The van der Waals surface area contributed by atoms with Gasteiger partial charge in [0.15, 0.2) is 17.6 Å².